The van der Waals surface area contributed by atoms with Gasteiger partial charge in [-0.05, 0) is 73.3 Å². The summed E-state index contributed by atoms with van der Waals surface area (Å²) in [6.45, 7) is 0. The van der Waals surface area contributed by atoms with E-state index in [0.717, 1.165) is 33.8 Å². The van der Waals surface area contributed by atoms with Crippen molar-refractivity contribution in [2.24, 2.45) is 0 Å². The highest BCUT2D eigenvalue weighted by molar-refractivity contribution is 6.23. The van der Waals surface area contributed by atoms with Gasteiger partial charge in [-0.1, -0.05) is 133 Å². The van der Waals surface area contributed by atoms with Crippen molar-refractivity contribution in [1.29, 1.82) is 0 Å². The average Bonchev–Trinajstić information content (AvgIpc) is 3.51. The normalized spacial score (nSPS) is 11.6. The molecule has 3 nitrogen and oxygen atoms in total. The zero-order chi connectivity index (χ0) is 29.7. The Balaban J connectivity index is 1.39. The van der Waals surface area contributed by atoms with E-state index in [2.05, 4.69) is 150 Å². The van der Waals surface area contributed by atoms with Gasteiger partial charge in [-0.2, -0.15) is 0 Å². The second-order valence-electron chi connectivity index (χ2n) is 11.4. The minimum absolute atomic E-state index is 0.837. The summed E-state index contributed by atoms with van der Waals surface area (Å²) in [5.74, 6) is 0.873. The lowest BCUT2D eigenvalue weighted by atomic mass is 9.85. The second kappa shape index (κ2) is 10.3. The zero-order valence-electron chi connectivity index (χ0n) is 24.4. The first-order valence-electron chi connectivity index (χ1n) is 15.3. The molecule has 0 saturated heterocycles. The van der Waals surface area contributed by atoms with Crippen molar-refractivity contribution in [1.82, 2.24) is 14.5 Å². The van der Waals surface area contributed by atoms with Crippen molar-refractivity contribution in [2.45, 2.75) is 0 Å². The molecule has 2 heterocycles. The quantitative estimate of drug-likeness (QED) is 0.196. The molecule has 0 aliphatic carbocycles. The number of imidazole rings is 1. The smallest absolute Gasteiger partial charge is 0.165 e. The molecule has 7 aromatic carbocycles. The fourth-order valence-electron chi connectivity index (χ4n) is 6.85. The van der Waals surface area contributed by atoms with Crippen LogP contribution in [-0.2, 0) is 0 Å². The molecule has 3 heteroatoms. The first kappa shape index (κ1) is 25.4. The number of hydrogen-bond acceptors (Lipinski definition) is 2. The van der Waals surface area contributed by atoms with Gasteiger partial charge in [-0.15, -0.1) is 0 Å². The Hall–Kier alpha value is -6.06. The van der Waals surface area contributed by atoms with E-state index in [1.807, 2.05) is 18.3 Å². The van der Waals surface area contributed by atoms with E-state index in [1.165, 1.54) is 49.0 Å². The monoisotopic (exact) mass is 573 g/mol. The molecule has 0 unspecified atom stereocenters. The third kappa shape index (κ3) is 4.05. The Morgan fingerprint density at radius 1 is 0.444 bits per heavy atom. The van der Waals surface area contributed by atoms with E-state index in [0.29, 0.717) is 0 Å². The predicted octanol–water partition coefficient (Wildman–Crippen LogP) is 10.9. The van der Waals surface area contributed by atoms with Crippen LogP contribution in [0.25, 0.3) is 82.8 Å². The molecule has 0 N–H and O–H groups in total. The summed E-state index contributed by atoms with van der Waals surface area (Å²) in [6, 6.07) is 55.9. The van der Waals surface area contributed by atoms with Crippen LogP contribution in [0.2, 0.25) is 0 Å². The maximum absolute atomic E-state index is 5.36. The molecular formula is C42H27N3. The van der Waals surface area contributed by atoms with Crippen LogP contribution >= 0.6 is 0 Å². The molecule has 0 saturated carbocycles. The van der Waals surface area contributed by atoms with E-state index in [9.17, 15) is 0 Å². The summed E-state index contributed by atoms with van der Waals surface area (Å²) in [6.07, 6.45) is 1.92. The molecule has 9 aromatic rings. The molecule has 0 bridgehead atoms. The molecule has 0 aliphatic heterocycles. The van der Waals surface area contributed by atoms with Crippen molar-refractivity contribution in [3.05, 3.63) is 164 Å². The predicted molar refractivity (Wildman–Crippen MR) is 188 cm³/mol. The fraction of sp³-hybridized carbons (Fsp3) is 0. The number of hydrogen-bond donors (Lipinski definition) is 0. The first-order valence-corrected chi connectivity index (χ1v) is 15.3. The summed E-state index contributed by atoms with van der Waals surface area (Å²) in [7, 11) is 0. The van der Waals surface area contributed by atoms with Crippen LogP contribution in [0.3, 0.4) is 0 Å². The van der Waals surface area contributed by atoms with Crippen LogP contribution < -0.4 is 0 Å². The van der Waals surface area contributed by atoms with Crippen molar-refractivity contribution in [3.8, 4) is 39.3 Å². The summed E-state index contributed by atoms with van der Waals surface area (Å²) < 4.78 is 2.18. The van der Waals surface area contributed by atoms with E-state index < -0.39 is 0 Å². The third-order valence-corrected chi connectivity index (χ3v) is 8.83. The van der Waals surface area contributed by atoms with Crippen molar-refractivity contribution in [2.75, 3.05) is 0 Å². The molecule has 0 spiro atoms. The Bertz CT molecular complexity index is 2470. The number of nitrogens with zero attached hydrogens (tertiary/aromatic N) is 3. The van der Waals surface area contributed by atoms with Crippen LogP contribution in [0.5, 0.6) is 0 Å². The Labute approximate surface area is 260 Å². The van der Waals surface area contributed by atoms with Gasteiger partial charge in [0.1, 0.15) is 11.3 Å². The number of pyridine rings is 1. The van der Waals surface area contributed by atoms with Gasteiger partial charge in [0.15, 0.2) is 5.65 Å². The Morgan fingerprint density at radius 3 is 1.71 bits per heavy atom. The van der Waals surface area contributed by atoms with Gasteiger partial charge in [0.25, 0.3) is 0 Å². The zero-order valence-corrected chi connectivity index (χ0v) is 24.4. The van der Waals surface area contributed by atoms with E-state index in [1.54, 1.807) is 0 Å². The van der Waals surface area contributed by atoms with Gasteiger partial charge in [0, 0.05) is 23.0 Å². The molecule has 0 fully saturated rings. The fourth-order valence-corrected chi connectivity index (χ4v) is 6.85. The van der Waals surface area contributed by atoms with Gasteiger partial charge < -0.3 is 0 Å². The number of rotatable bonds is 4. The average molecular weight is 574 g/mol. The van der Waals surface area contributed by atoms with E-state index in [-0.39, 0.29) is 0 Å². The van der Waals surface area contributed by atoms with Crippen LogP contribution in [0, 0.1) is 0 Å². The van der Waals surface area contributed by atoms with E-state index in [4.69, 9.17) is 9.97 Å². The molecule has 0 radical (unpaired) electrons. The Morgan fingerprint density at radius 2 is 1.02 bits per heavy atom. The SMILES string of the molecule is c1ccc(-c2nc3c(-c4c5ccccc5c(-c5ccc6ccccc6c5)c5ccccc45)ccnc3n2-c2ccccc2)cc1. The highest BCUT2D eigenvalue weighted by Gasteiger charge is 2.22. The van der Waals surface area contributed by atoms with Gasteiger partial charge in [0.2, 0.25) is 0 Å². The highest BCUT2D eigenvalue weighted by atomic mass is 15.1. The lowest BCUT2D eigenvalue weighted by Gasteiger charge is -2.18. The number of benzene rings is 7. The molecule has 9 rings (SSSR count). The summed E-state index contributed by atoms with van der Waals surface area (Å²) in [5.41, 5.74) is 8.52. The molecule has 0 atom stereocenters. The van der Waals surface area contributed by atoms with Crippen molar-refractivity contribution < 1.29 is 0 Å². The number of fused-ring (bicyclic) bond motifs is 4. The summed E-state index contributed by atoms with van der Waals surface area (Å²) in [5, 5.41) is 7.32. The van der Waals surface area contributed by atoms with Gasteiger partial charge in [-0.25, -0.2) is 9.97 Å². The lowest BCUT2D eigenvalue weighted by molar-refractivity contribution is 1.08. The van der Waals surface area contributed by atoms with Crippen LogP contribution in [0.1, 0.15) is 0 Å². The lowest BCUT2D eigenvalue weighted by Crippen LogP contribution is -1.98. The van der Waals surface area contributed by atoms with Gasteiger partial charge in [-0.3, -0.25) is 4.57 Å². The van der Waals surface area contributed by atoms with Crippen LogP contribution in [-0.4, -0.2) is 14.5 Å². The van der Waals surface area contributed by atoms with E-state index >= 15 is 0 Å². The third-order valence-electron chi connectivity index (χ3n) is 8.83. The molecule has 0 amide bonds. The maximum Gasteiger partial charge on any atom is 0.165 e. The first-order chi connectivity index (χ1) is 22.3. The molecule has 2 aromatic heterocycles. The summed E-state index contributed by atoms with van der Waals surface area (Å²) >= 11 is 0. The minimum atomic E-state index is 0.837. The number of aromatic nitrogens is 3. The Kier molecular flexibility index (Phi) is 5.82. The standard InChI is InChI=1S/C42H27N3/c1-3-14-29(15-4-1)41-44-40-37(25-26-43-42(40)45(41)32-17-5-2-6-18-32)39-35-21-11-9-19-33(35)38(34-20-10-12-22-36(34)39)31-24-23-28-13-7-8-16-30(28)27-31/h1-27H. The maximum atomic E-state index is 5.36. The topological polar surface area (TPSA) is 30.7 Å². The molecule has 210 valence electrons. The van der Waals surface area contributed by atoms with Gasteiger partial charge >= 0.3 is 0 Å². The van der Waals surface area contributed by atoms with Crippen molar-refractivity contribution in [3.63, 3.8) is 0 Å². The molecule has 0 aliphatic rings. The molecule has 45 heavy (non-hydrogen) atoms. The molecular weight excluding hydrogens is 546 g/mol. The highest BCUT2D eigenvalue weighted by Crippen LogP contribution is 2.45. The van der Waals surface area contributed by atoms with Crippen LogP contribution in [0.4, 0.5) is 0 Å². The number of para-hydroxylation sites is 1. The summed E-state index contributed by atoms with van der Waals surface area (Å²) in [4.78, 5) is 10.3. The minimum Gasteiger partial charge on any atom is -0.277 e. The van der Waals surface area contributed by atoms with Gasteiger partial charge in [0.05, 0.1) is 0 Å². The largest absolute Gasteiger partial charge is 0.277 e. The van der Waals surface area contributed by atoms with Crippen molar-refractivity contribution >= 4 is 43.5 Å². The van der Waals surface area contributed by atoms with Crippen LogP contribution in [0.15, 0.2) is 164 Å². The second-order valence-corrected chi connectivity index (χ2v) is 11.4.